The highest BCUT2D eigenvalue weighted by molar-refractivity contribution is 7.18. The van der Waals surface area contributed by atoms with Crippen LogP contribution >= 0.6 is 11.3 Å². The zero-order valence-corrected chi connectivity index (χ0v) is 13.4. The molecule has 0 atom stereocenters. The molecule has 0 saturated carbocycles. The van der Waals surface area contributed by atoms with Gasteiger partial charge in [-0.05, 0) is 31.5 Å². The molecule has 5 nitrogen and oxygen atoms in total. The fourth-order valence-corrected chi connectivity index (χ4v) is 3.20. The van der Waals surface area contributed by atoms with Crippen molar-refractivity contribution in [2.24, 2.45) is 5.10 Å². The number of ether oxygens (including phenoxy) is 1. The fraction of sp³-hybridized carbons (Fsp3) is 0.188. The number of methoxy groups -OCH3 is 1. The van der Waals surface area contributed by atoms with Crippen molar-refractivity contribution in [3.63, 3.8) is 0 Å². The first-order valence-corrected chi connectivity index (χ1v) is 7.65. The van der Waals surface area contributed by atoms with E-state index in [-0.39, 0.29) is 0 Å². The Hall–Kier alpha value is -2.47. The van der Waals surface area contributed by atoms with Crippen molar-refractivity contribution in [1.29, 1.82) is 0 Å². The molecule has 0 unspecified atom stereocenters. The average Bonchev–Trinajstić information content (AvgIpc) is 2.83. The lowest BCUT2D eigenvalue weighted by Crippen LogP contribution is -1.96. The lowest BCUT2D eigenvalue weighted by molar-refractivity contribution is 0.414. The molecule has 0 amide bonds. The Morgan fingerprint density at radius 2 is 2.05 bits per heavy atom. The molecule has 0 aliphatic heterocycles. The van der Waals surface area contributed by atoms with Crippen LogP contribution in [0.3, 0.4) is 0 Å². The molecular formula is C16H16N4OS. The Bertz CT molecular complexity index is 841. The second-order valence-electron chi connectivity index (χ2n) is 4.80. The Kier molecular flexibility index (Phi) is 4.02. The van der Waals surface area contributed by atoms with Crippen molar-refractivity contribution in [2.75, 3.05) is 12.5 Å². The highest BCUT2D eigenvalue weighted by Crippen LogP contribution is 2.32. The number of fused-ring (bicyclic) bond motifs is 1. The topological polar surface area (TPSA) is 59.4 Å². The second kappa shape index (κ2) is 6.11. The van der Waals surface area contributed by atoms with Gasteiger partial charge in [0.25, 0.3) is 0 Å². The maximum atomic E-state index is 5.30. The molecule has 0 aliphatic rings. The summed E-state index contributed by atoms with van der Waals surface area (Å²) < 4.78 is 5.30. The second-order valence-corrected chi connectivity index (χ2v) is 6.00. The smallest absolute Gasteiger partial charge is 0.158 e. The molecule has 112 valence electrons. The Balaban J connectivity index is 1.89. The third-order valence-electron chi connectivity index (χ3n) is 3.48. The van der Waals surface area contributed by atoms with Crippen LogP contribution < -0.4 is 10.2 Å². The summed E-state index contributed by atoms with van der Waals surface area (Å²) in [6, 6.07) is 7.71. The van der Waals surface area contributed by atoms with Gasteiger partial charge in [-0.2, -0.15) is 5.10 Å². The van der Waals surface area contributed by atoms with Crippen molar-refractivity contribution in [1.82, 2.24) is 9.97 Å². The van der Waals surface area contributed by atoms with Crippen molar-refractivity contribution < 1.29 is 4.74 Å². The van der Waals surface area contributed by atoms with Gasteiger partial charge in [0.15, 0.2) is 5.82 Å². The summed E-state index contributed by atoms with van der Waals surface area (Å²) in [5.74, 6) is 1.50. The van der Waals surface area contributed by atoms with Crippen LogP contribution in [0, 0.1) is 13.8 Å². The fourth-order valence-electron chi connectivity index (χ4n) is 2.20. The molecule has 2 aromatic heterocycles. The lowest BCUT2D eigenvalue weighted by atomic mass is 10.2. The van der Waals surface area contributed by atoms with Crippen molar-refractivity contribution in [3.8, 4) is 5.75 Å². The van der Waals surface area contributed by atoms with E-state index in [1.807, 2.05) is 24.3 Å². The van der Waals surface area contributed by atoms with Gasteiger partial charge >= 0.3 is 0 Å². The minimum Gasteiger partial charge on any atom is -0.496 e. The van der Waals surface area contributed by atoms with Gasteiger partial charge in [0.05, 0.1) is 18.7 Å². The van der Waals surface area contributed by atoms with E-state index in [1.165, 1.54) is 10.4 Å². The third kappa shape index (κ3) is 2.65. The van der Waals surface area contributed by atoms with Gasteiger partial charge < -0.3 is 4.74 Å². The molecular weight excluding hydrogens is 296 g/mol. The van der Waals surface area contributed by atoms with Gasteiger partial charge in [0.1, 0.15) is 16.9 Å². The van der Waals surface area contributed by atoms with Crippen LogP contribution in [0.4, 0.5) is 5.82 Å². The number of nitrogens with one attached hydrogen (secondary N) is 1. The number of hydrogen-bond donors (Lipinski definition) is 1. The van der Waals surface area contributed by atoms with Crippen LogP contribution in [0.5, 0.6) is 5.75 Å². The van der Waals surface area contributed by atoms with Gasteiger partial charge in [-0.25, -0.2) is 9.97 Å². The average molecular weight is 312 g/mol. The Labute approximate surface area is 132 Å². The zero-order valence-electron chi connectivity index (χ0n) is 12.6. The molecule has 3 rings (SSSR count). The number of aromatic nitrogens is 2. The van der Waals surface area contributed by atoms with Gasteiger partial charge in [-0.1, -0.05) is 12.1 Å². The zero-order chi connectivity index (χ0) is 15.5. The van der Waals surface area contributed by atoms with Crippen LogP contribution in [0.25, 0.3) is 10.2 Å². The summed E-state index contributed by atoms with van der Waals surface area (Å²) >= 11 is 1.67. The summed E-state index contributed by atoms with van der Waals surface area (Å²) in [6.45, 7) is 4.16. The molecule has 0 bridgehead atoms. The standard InChI is InChI=1S/C16H16N4OS/c1-10-11(2)22-16-14(10)15(17-9-18-16)20-19-8-12-6-4-5-7-13(12)21-3/h4-9H,1-3H3,(H,17,18,20)/b19-8+. The number of hydrogen-bond acceptors (Lipinski definition) is 6. The van der Waals surface area contributed by atoms with Crippen LogP contribution in [0.1, 0.15) is 16.0 Å². The first-order chi connectivity index (χ1) is 10.7. The molecule has 0 spiro atoms. The predicted molar refractivity (Wildman–Crippen MR) is 91.1 cm³/mol. The number of aryl methyl sites for hydroxylation is 2. The minimum atomic E-state index is 0.720. The Morgan fingerprint density at radius 3 is 2.86 bits per heavy atom. The number of benzene rings is 1. The van der Waals surface area contributed by atoms with E-state index in [0.717, 1.165) is 27.3 Å². The van der Waals surface area contributed by atoms with Crippen molar-refractivity contribution >= 4 is 33.6 Å². The summed E-state index contributed by atoms with van der Waals surface area (Å²) in [6.07, 6.45) is 3.28. The largest absolute Gasteiger partial charge is 0.496 e. The van der Waals surface area contributed by atoms with E-state index in [4.69, 9.17) is 4.74 Å². The molecule has 0 saturated heterocycles. The maximum Gasteiger partial charge on any atom is 0.158 e. The number of anilines is 1. The van der Waals surface area contributed by atoms with Gasteiger partial charge in [-0.3, -0.25) is 5.43 Å². The number of hydrazone groups is 1. The number of rotatable bonds is 4. The summed E-state index contributed by atoms with van der Waals surface area (Å²) in [5.41, 5.74) is 5.11. The number of para-hydroxylation sites is 1. The van der Waals surface area contributed by atoms with Crippen LogP contribution in [0.2, 0.25) is 0 Å². The van der Waals surface area contributed by atoms with Crippen molar-refractivity contribution in [2.45, 2.75) is 13.8 Å². The van der Waals surface area contributed by atoms with Crippen LogP contribution in [0.15, 0.2) is 35.7 Å². The van der Waals surface area contributed by atoms with Crippen LogP contribution in [-0.2, 0) is 0 Å². The molecule has 22 heavy (non-hydrogen) atoms. The molecule has 3 aromatic rings. The summed E-state index contributed by atoms with van der Waals surface area (Å²) in [4.78, 5) is 10.8. The van der Waals surface area contributed by atoms with Gasteiger partial charge in [0, 0.05) is 10.4 Å². The predicted octanol–water partition coefficient (Wildman–Crippen LogP) is 3.76. The van der Waals surface area contributed by atoms with Crippen molar-refractivity contribution in [3.05, 3.63) is 46.6 Å². The van der Waals surface area contributed by atoms with E-state index >= 15 is 0 Å². The molecule has 2 heterocycles. The minimum absolute atomic E-state index is 0.720. The Morgan fingerprint density at radius 1 is 1.23 bits per heavy atom. The van der Waals surface area contributed by atoms with Gasteiger partial charge in [-0.15, -0.1) is 11.3 Å². The van der Waals surface area contributed by atoms with E-state index in [1.54, 1.807) is 31.0 Å². The maximum absolute atomic E-state index is 5.30. The molecule has 0 aliphatic carbocycles. The third-order valence-corrected chi connectivity index (χ3v) is 4.59. The number of nitrogens with zero attached hydrogens (tertiary/aromatic N) is 3. The first kappa shape index (κ1) is 14.5. The van der Waals surface area contributed by atoms with E-state index < -0.39 is 0 Å². The van der Waals surface area contributed by atoms with E-state index in [9.17, 15) is 0 Å². The summed E-state index contributed by atoms with van der Waals surface area (Å²) in [7, 11) is 1.64. The van der Waals surface area contributed by atoms with Gasteiger partial charge in [0.2, 0.25) is 0 Å². The number of thiophene rings is 1. The normalized spacial score (nSPS) is 11.2. The van der Waals surface area contributed by atoms with Crippen LogP contribution in [-0.4, -0.2) is 23.3 Å². The highest BCUT2D eigenvalue weighted by atomic mass is 32.1. The molecule has 0 fully saturated rings. The summed E-state index contributed by atoms with van der Waals surface area (Å²) in [5, 5.41) is 5.31. The first-order valence-electron chi connectivity index (χ1n) is 6.83. The quantitative estimate of drug-likeness (QED) is 0.588. The highest BCUT2D eigenvalue weighted by Gasteiger charge is 2.11. The SMILES string of the molecule is COc1ccccc1/C=N/Nc1ncnc2sc(C)c(C)c12. The lowest BCUT2D eigenvalue weighted by Gasteiger charge is -2.04. The van der Waals surface area contributed by atoms with E-state index in [0.29, 0.717) is 0 Å². The molecule has 1 N–H and O–H groups in total. The monoisotopic (exact) mass is 312 g/mol. The molecule has 6 heteroatoms. The molecule has 0 radical (unpaired) electrons. The molecule has 1 aromatic carbocycles. The van der Waals surface area contributed by atoms with E-state index in [2.05, 4.69) is 34.3 Å².